The molecule has 0 saturated heterocycles. The number of carbonyl (C=O) groups is 2. The van der Waals surface area contributed by atoms with E-state index in [9.17, 15) is 14.7 Å². The lowest BCUT2D eigenvalue weighted by Gasteiger charge is -2.23. The van der Waals surface area contributed by atoms with Gasteiger partial charge in [-0.15, -0.1) is 0 Å². The summed E-state index contributed by atoms with van der Waals surface area (Å²) in [5.41, 5.74) is 4.33. The largest absolute Gasteiger partial charge is 0.481 e. The van der Waals surface area contributed by atoms with E-state index in [1.807, 2.05) is 30.3 Å². The van der Waals surface area contributed by atoms with Gasteiger partial charge in [0.1, 0.15) is 11.4 Å². The van der Waals surface area contributed by atoms with E-state index in [4.69, 9.17) is 20.9 Å². The lowest BCUT2D eigenvalue weighted by molar-refractivity contribution is -0.141. The number of aliphatic carboxylic acids is 1. The molecule has 0 bridgehead atoms. The second-order valence-electron chi connectivity index (χ2n) is 8.05. The SMILES string of the molecule is CCOC(=O)N(c1ccccc1Cl)c1c(C)noc1-c1ccc(C2=CCC(C(=O)O)CC2)cc1. The van der Waals surface area contributed by atoms with Gasteiger partial charge >= 0.3 is 12.1 Å². The first-order chi connectivity index (χ1) is 16.4. The Morgan fingerprint density at radius 3 is 2.50 bits per heavy atom. The van der Waals surface area contributed by atoms with Crippen molar-refractivity contribution in [2.45, 2.75) is 33.1 Å². The van der Waals surface area contributed by atoms with Crippen LogP contribution >= 0.6 is 11.6 Å². The van der Waals surface area contributed by atoms with Gasteiger partial charge in [0.05, 0.1) is 23.2 Å². The van der Waals surface area contributed by atoms with Gasteiger partial charge < -0.3 is 14.4 Å². The lowest BCUT2D eigenvalue weighted by atomic mass is 9.86. The molecule has 0 aliphatic heterocycles. The molecule has 2 aromatic carbocycles. The van der Waals surface area contributed by atoms with E-state index >= 15 is 0 Å². The van der Waals surface area contributed by atoms with Crippen molar-refractivity contribution in [1.82, 2.24) is 5.16 Å². The molecule has 0 spiro atoms. The van der Waals surface area contributed by atoms with Crippen LogP contribution in [0.15, 0.2) is 59.1 Å². The van der Waals surface area contributed by atoms with Crippen LogP contribution in [0.2, 0.25) is 5.02 Å². The highest BCUT2D eigenvalue weighted by Crippen LogP contribution is 2.41. The van der Waals surface area contributed by atoms with Crippen LogP contribution in [0.25, 0.3) is 16.9 Å². The Balaban J connectivity index is 1.70. The monoisotopic (exact) mass is 480 g/mol. The molecule has 0 fully saturated rings. The number of rotatable bonds is 6. The number of carboxylic acid groups (broad SMARTS) is 1. The number of benzene rings is 2. The molecule has 1 aromatic heterocycles. The van der Waals surface area contributed by atoms with Crippen molar-refractivity contribution >= 4 is 40.6 Å². The Morgan fingerprint density at radius 1 is 1.18 bits per heavy atom. The topological polar surface area (TPSA) is 92.9 Å². The third-order valence-electron chi connectivity index (χ3n) is 5.88. The van der Waals surface area contributed by atoms with Crippen molar-refractivity contribution in [2.75, 3.05) is 11.5 Å². The highest BCUT2D eigenvalue weighted by molar-refractivity contribution is 6.34. The number of carbonyl (C=O) groups excluding carboxylic acids is 1. The predicted molar refractivity (Wildman–Crippen MR) is 130 cm³/mol. The summed E-state index contributed by atoms with van der Waals surface area (Å²) >= 11 is 6.42. The summed E-state index contributed by atoms with van der Waals surface area (Å²) in [6.07, 6.45) is 3.29. The van der Waals surface area contributed by atoms with Gasteiger partial charge in [0.25, 0.3) is 0 Å². The first-order valence-corrected chi connectivity index (χ1v) is 11.5. The minimum Gasteiger partial charge on any atom is -0.481 e. The van der Waals surface area contributed by atoms with Crippen LogP contribution in [0.5, 0.6) is 0 Å². The van der Waals surface area contributed by atoms with E-state index in [0.29, 0.717) is 47.1 Å². The molecule has 1 amide bonds. The van der Waals surface area contributed by atoms with Crippen LogP contribution in [0.3, 0.4) is 0 Å². The molecule has 1 N–H and O–H groups in total. The summed E-state index contributed by atoms with van der Waals surface area (Å²) in [4.78, 5) is 25.6. The van der Waals surface area contributed by atoms with Crippen molar-refractivity contribution in [3.05, 3.63) is 70.9 Å². The molecule has 1 unspecified atom stereocenters. The molecule has 176 valence electrons. The number of allylic oxidation sites excluding steroid dienone is 2. The maximum Gasteiger partial charge on any atom is 0.419 e. The summed E-state index contributed by atoms with van der Waals surface area (Å²) in [7, 11) is 0. The van der Waals surface area contributed by atoms with Crippen LogP contribution < -0.4 is 4.90 Å². The maximum atomic E-state index is 13.0. The number of carboxylic acids is 1. The van der Waals surface area contributed by atoms with Gasteiger partial charge in [-0.3, -0.25) is 4.79 Å². The number of amides is 1. The molecule has 1 aliphatic carbocycles. The van der Waals surface area contributed by atoms with Gasteiger partial charge in [-0.2, -0.15) is 0 Å². The number of halogens is 1. The molecule has 1 heterocycles. The van der Waals surface area contributed by atoms with Crippen molar-refractivity contribution < 1.29 is 24.0 Å². The van der Waals surface area contributed by atoms with E-state index in [1.165, 1.54) is 4.90 Å². The Kier molecular flexibility index (Phi) is 7.03. The van der Waals surface area contributed by atoms with Gasteiger partial charge in [0.15, 0.2) is 5.76 Å². The molecule has 0 saturated carbocycles. The zero-order valence-corrected chi connectivity index (χ0v) is 19.7. The Labute approximate surface area is 202 Å². The number of anilines is 2. The summed E-state index contributed by atoms with van der Waals surface area (Å²) in [6.45, 7) is 3.69. The minimum atomic E-state index is -0.747. The van der Waals surface area contributed by atoms with E-state index < -0.39 is 12.1 Å². The zero-order valence-electron chi connectivity index (χ0n) is 19.0. The maximum absolute atomic E-state index is 13.0. The van der Waals surface area contributed by atoms with Crippen LogP contribution in [-0.2, 0) is 9.53 Å². The van der Waals surface area contributed by atoms with Gasteiger partial charge in [-0.25, -0.2) is 9.69 Å². The second-order valence-corrected chi connectivity index (χ2v) is 8.45. The van der Waals surface area contributed by atoms with Crippen molar-refractivity contribution in [1.29, 1.82) is 0 Å². The van der Waals surface area contributed by atoms with Gasteiger partial charge in [0.2, 0.25) is 0 Å². The van der Waals surface area contributed by atoms with Crippen LogP contribution in [0.1, 0.15) is 37.4 Å². The number of hydrogen-bond donors (Lipinski definition) is 1. The highest BCUT2D eigenvalue weighted by atomic mass is 35.5. The number of hydrogen-bond acceptors (Lipinski definition) is 5. The average Bonchev–Trinajstić information content (AvgIpc) is 3.22. The Hall–Kier alpha value is -3.58. The summed E-state index contributed by atoms with van der Waals surface area (Å²) in [5.74, 6) is -0.648. The number of aryl methyl sites for hydroxylation is 1. The molecular formula is C26H25ClN2O5. The second kappa shape index (κ2) is 10.1. The van der Waals surface area contributed by atoms with Crippen molar-refractivity contribution in [3.63, 3.8) is 0 Å². The number of ether oxygens (including phenoxy) is 1. The lowest BCUT2D eigenvalue weighted by Crippen LogP contribution is -2.27. The van der Waals surface area contributed by atoms with Crippen LogP contribution in [-0.4, -0.2) is 28.9 Å². The molecular weight excluding hydrogens is 456 g/mol. The first kappa shape index (κ1) is 23.6. The van der Waals surface area contributed by atoms with E-state index in [0.717, 1.165) is 16.7 Å². The Bertz CT molecular complexity index is 1230. The van der Waals surface area contributed by atoms with E-state index in [-0.39, 0.29) is 12.5 Å². The average molecular weight is 481 g/mol. The fourth-order valence-corrected chi connectivity index (χ4v) is 4.33. The summed E-state index contributed by atoms with van der Waals surface area (Å²) in [6, 6.07) is 14.7. The molecule has 7 nitrogen and oxygen atoms in total. The Morgan fingerprint density at radius 2 is 1.88 bits per heavy atom. The quantitative estimate of drug-likeness (QED) is 0.414. The van der Waals surface area contributed by atoms with E-state index in [2.05, 4.69) is 5.16 Å². The fraction of sp³-hybridized carbons (Fsp3) is 0.269. The van der Waals surface area contributed by atoms with Crippen LogP contribution in [0.4, 0.5) is 16.2 Å². The van der Waals surface area contributed by atoms with Gasteiger partial charge in [-0.1, -0.05) is 59.2 Å². The molecule has 4 rings (SSSR count). The molecule has 34 heavy (non-hydrogen) atoms. The number of aromatic nitrogens is 1. The smallest absolute Gasteiger partial charge is 0.419 e. The molecule has 1 aliphatic rings. The first-order valence-electron chi connectivity index (χ1n) is 11.1. The standard InChI is InChI=1S/C26H25ClN2O5/c1-3-33-26(32)29(22-7-5-4-6-21(22)27)23-16(2)28-34-24(23)19-12-8-17(9-13-19)18-10-14-20(15-11-18)25(30)31/h4-10,12-13,20H,3,11,14-15H2,1-2H3,(H,30,31). The van der Waals surface area contributed by atoms with Crippen molar-refractivity contribution in [3.8, 4) is 11.3 Å². The third-order valence-corrected chi connectivity index (χ3v) is 6.20. The van der Waals surface area contributed by atoms with E-state index in [1.54, 1.807) is 38.1 Å². The number of nitrogens with zero attached hydrogens (tertiary/aromatic N) is 2. The highest BCUT2D eigenvalue weighted by Gasteiger charge is 2.30. The van der Waals surface area contributed by atoms with Gasteiger partial charge in [0, 0.05) is 5.56 Å². The van der Waals surface area contributed by atoms with Crippen molar-refractivity contribution in [2.24, 2.45) is 5.92 Å². The summed E-state index contributed by atoms with van der Waals surface area (Å²) < 4.78 is 11.0. The normalized spacial score (nSPS) is 15.5. The minimum absolute atomic E-state index is 0.200. The van der Waals surface area contributed by atoms with Gasteiger partial charge in [-0.05, 0) is 56.4 Å². The van der Waals surface area contributed by atoms with Crippen LogP contribution in [0, 0.1) is 12.8 Å². The molecule has 8 heteroatoms. The predicted octanol–water partition coefficient (Wildman–Crippen LogP) is 6.87. The molecule has 3 aromatic rings. The fourth-order valence-electron chi connectivity index (χ4n) is 4.11. The number of para-hydroxylation sites is 1. The third kappa shape index (κ3) is 4.70. The zero-order chi connectivity index (χ0) is 24.2. The molecule has 0 radical (unpaired) electrons. The summed E-state index contributed by atoms with van der Waals surface area (Å²) in [5, 5.41) is 13.7. The molecule has 1 atom stereocenters.